The number of halogens is 1. The molecule has 18 heavy (non-hydrogen) atoms. The van der Waals surface area contributed by atoms with E-state index in [1.807, 2.05) is 0 Å². The maximum absolute atomic E-state index is 12.1. The number of amides is 1. The molecule has 0 aromatic carbocycles. The van der Waals surface area contributed by atoms with E-state index in [1.165, 1.54) is 0 Å². The summed E-state index contributed by atoms with van der Waals surface area (Å²) in [6, 6.07) is 3.70. The Morgan fingerprint density at radius 1 is 1.44 bits per heavy atom. The lowest BCUT2D eigenvalue weighted by Gasteiger charge is -2.34. The third kappa shape index (κ3) is 3.22. The SMILES string of the molecule is CC1(C)CCC(NC(=O)c2cccnc2Cl)CC1. The normalized spacial score (nSPS) is 19.5. The molecule has 1 aromatic heterocycles. The lowest BCUT2D eigenvalue weighted by atomic mass is 9.75. The first kappa shape index (κ1) is 13.3. The van der Waals surface area contributed by atoms with Gasteiger partial charge in [-0.3, -0.25) is 4.79 Å². The molecule has 1 N–H and O–H groups in total. The summed E-state index contributed by atoms with van der Waals surface area (Å²) >= 11 is 5.91. The fourth-order valence-corrected chi connectivity index (χ4v) is 2.57. The van der Waals surface area contributed by atoms with E-state index in [4.69, 9.17) is 11.6 Å². The minimum atomic E-state index is -0.113. The predicted octanol–water partition coefficient (Wildman–Crippen LogP) is 3.43. The maximum atomic E-state index is 12.1. The molecule has 0 unspecified atom stereocenters. The number of nitrogens with one attached hydrogen (secondary N) is 1. The van der Waals surface area contributed by atoms with E-state index in [9.17, 15) is 4.79 Å². The van der Waals surface area contributed by atoms with Gasteiger partial charge in [-0.1, -0.05) is 25.4 Å². The summed E-state index contributed by atoms with van der Waals surface area (Å²) in [5.74, 6) is -0.113. The highest BCUT2D eigenvalue weighted by molar-refractivity contribution is 6.32. The van der Waals surface area contributed by atoms with Crippen LogP contribution in [0.15, 0.2) is 18.3 Å². The summed E-state index contributed by atoms with van der Waals surface area (Å²) in [5.41, 5.74) is 0.872. The van der Waals surface area contributed by atoms with Crippen molar-refractivity contribution in [2.45, 2.75) is 45.6 Å². The van der Waals surface area contributed by atoms with Crippen molar-refractivity contribution in [3.05, 3.63) is 29.0 Å². The van der Waals surface area contributed by atoms with E-state index in [-0.39, 0.29) is 17.1 Å². The van der Waals surface area contributed by atoms with Crippen LogP contribution in [0.1, 0.15) is 49.9 Å². The molecular weight excluding hydrogens is 248 g/mol. The monoisotopic (exact) mass is 266 g/mol. The number of nitrogens with zero attached hydrogens (tertiary/aromatic N) is 1. The Labute approximate surface area is 113 Å². The standard InChI is InChI=1S/C14H19ClN2O/c1-14(2)7-5-10(6-8-14)17-13(18)11-4-3-9-16-12(11)15/h3-4,9-10H,5-8H2,1-2H3,(H,17,18). The third-order valence-corrected chi connectivity index (χ3v) is 3.98. The van der Waals surface area contributed by atoms with Gasteiger partial charge in [-0.2, -0.15) is 0 Å². The second kappa shape index (κ2) is 5.27. The zero-order chi connectivity index (χ0) is 13.2. The summed E-state index contributed by atoms with van der Waals surface area (Å²) in [7, 11) is 0. The molecular formula is C14H19ClN2O. The number of carbonyl (C=O) groups excluding carboxylic acids is 1. The Hall–Kier alpha value is -1.09. The zero-order valence-electron chi connectivity index (χ0n) is 10.9. The largest absolute Gasteiger partial charge is 0.349 e. The highest BCUT2D eigenvalue weighted by Crippen LogP contribution is 2.35. The van der Waals surface area contributed by atoms with Gasteiger partial charge in [0.05, 0.1) is 5.56 Å². The number of aromatic nitrogens is 1. The van der Waals surface area contributed by atoms with Crippen LogP contribution in [0.5, 0.6) is 0 Å². The van der Waals surface area contributed by atoms with Gasteiger partial charge in [0.15, 0.2) is 0 Å². The quantitative estimate of drug-likeness (QED) is 0.834. The molecule has 1 aliphatic carbocycles. The van der Waals surface area contributed by atoms with E-state index < -0.39 is 0 Å². The van der Waals surface area contributed by atoms with Crippen molar-refractivity contribution in [2.75, 3.05) is 0 Å². The first-order valence-corrected chi connectivity index (χ1v) is 6.77. The van der Waals surface area contributed by atoms with Crippen LogP contribution >= 0.6 is 11.6 Å². The van der Waals surface area contributed by atoms with Crippen molar-refractivity contribution in [1.82, 2.24) is 10.3 Å². The molecule has 3 nitrogen and oxygen atoms in total. The second-order valence-electron chi connectivity index (χ2n) is 5.75. The fraction of sp³-hybridized carbons (Fsp3) is 0.571. The highest BCUT2D eigenvalue weighted by atomic mass is 35.5. The molecule has 1 saturated carbocycles. The molecule has 1 fully saturated rings. The van der Waals surface area contributed by atoms with Gasteiger partial charge in [0.2, 0.25) is 0 Å². The molecule has 0 aliphatic heterocycles. The van der Waals surface area contributed by atoms with Gasteiger partial charge in [-0.25, -0.2) is 4.98 Å². The number of hydrogen-bond donors (Lipinski definition) is 1. The van der Waals surface area contributed by atoms with Crippen molar-refractivity contribution in [3.8, 4) is 0 Å². The summed E-state index contributed by atoms with van der Waals surface area (Å²) in [4.78, 5) is 16.0. The molecule has 0 radical (unpaired) electrons. The van der Waals surface area contributed by atoms with Gasteiger partial charge in [0.1, 0.15) is 5.15 Å². The molecule has 0 spiro atoms. The molecule has 0 saturated heterocycles. The first-order valence-electron chi connectivity index (χ1n) is 6.39. The fourth-order valence-electron chi connectivity index (χ4n) is 2.36. The minimum absolute atomic E-state index is 0.113. The van der Waals surface area contributed by atoms with Crippen LogP contribution in [0.25, 0.3) is 0 Å². The van der Waals surface area contributed by atoms with Crippen LogP contribution < -0.4 is 5.32 Å². The smallest absolute Gasteiger partial charge is 0.254 e. The lowest BCUT2D eigenvalue weighted by Crippen LogP contribution is -2.39. The van der Waals surface area contributed by atoms with E-state index >= 15 is 0 Å². The van der Waals surface area contributed by atoms with E-state index in [0.717, 1.165) is 25.7 Å². The molecule has 4 heteroatoms. The van der Waals surface area contributed by atoms with Crippen LogP contribution in [0.4, 0.5) is 0 Å². The van der Waals surface area contributed by atoms with E-state index in [0.29, 0.717) is 11.0 Å². The second-order valence-corrected chi connectivity index (χ2v) is 6.11. The van der Waals surface area contributed by atoms with Gasteiger partial charge < -0.3 is 5.32 Å². The minimum Gasteiger partial charge on any atom is -0.349 e. The number of carbonyl (C=O) groups is 1. The topological polar surface area (TPSA) is 42.0 Å². The Morgan fingerprint density at radius 3 is 2.72 bits per heavy atom. The average molecular weight is 267 g/mol. The van der Waals surface area contributed by atoms with Crippen molar-refractivity contribution >= 4 is 17.5 Å². The highest BCUT2D eigenvalue weighted by Gasteiger charge is 2.28. The van der Waals surface area contributed by atoms with Crippen LogP contribution in [-0.4, -0.2) is 16.9 Å². The zero-order valence-corrected chi connectivity index (χ0v) is 11.6. The maximum Gasteiger partial charge on any atom is 0.254 e. The first-order chi connectivity index (χ1) is 8.48. The van der Waals surface area contributed by atoms with Crippen LogP contribution in [0.3, 0.4) is 0 Å². The molecule has 2 rings (SSSR count). The Kier molecular flexibility index (Phi) is 3.91. The molecule has 1 heterocycles. The Balaban J connectivity index is 1.95. The van der Waals surface area contributed by atoms with Gasteiger partial charge >= 0.3 is 0 Å². The average Bonchev–Trinajstić information content (AvgIpc) is 2.32. The molecule has 1 amide bonds. The summed E-state index contributed by atoms with van der Waals surface area (Å²) in [6.07, 6.45) is 5.97. The number of pyridine rings is 1. The van der Waals surface area contributed by atoms with Crippen molar-refractivity contribution in [1.29, 1.82) is 0 Å². The Bertz CT molecular complexity index is 435. The third-order valence-electron chi connectivity index (χ3n) is 3.68. The molecule has 1 aliphatic rings. The summed E-state index contributed by atoms with van der Waals surface area (Å²) in [6.45, 7) is 4.56. The molecule has 0 atom stereocenters. The Morgan fingerprint density at radius 2 is 2.11 bits per heavy atom. The van der Waals surface area contributed by atoms with Gasteiger partial charge in [-0.15, -0.1) is 0 Å². The van der Waals surface area contributed by atoms with Crippen LogP contribution in [-0.2, 0) is 0 Å². The number of hydrogen-bond acceptors (Lipinski definition) is 2. The summed E-state index contributed by atoms with van der Waals surface area (Å²) < 4.78 is 0. The van der Waals surface area contributed by atoms with Crippen molar-refractivity contribution in [2.24, 2.45) is 5.41 Å². The van der Waals surface area contributed by atoms with Gasteiger partial charge in [0.25, 0.3) is 5.91 Å². The van der Waals surface area contributed by atoms with Crippen LogP contribution in [0, 0.1) is 5.41 Å². The summed E-state index contributed by atoms with van der Waals surface area (Å²) in [5, 5.41) is 3.32. The van der Waals surface area contributed by atoms with Crippen LogP contribution in [0.2, 0.25) is 5.15 Å². The van der Waals surface area contributed by atoms with Crippen molar-refractivity contribution < 1.29 is 4.79 Å². The van der Waals surface area contributed by atoms with Gasteiger partial charge in [0, 0.05) is 12.2 Å². The molecule has 1 aromatic rings. The number of rotatable bonds is 2. The van der Waals surface area contributed by atoms with E-state index in [1.54, 1.807) is 18.3 Å². The van der Waals surface area contributed by atoms with E-state index in [2.05, 4.69) is 24.1 Å². The lowest BCUT2D eigenvalue weighted by molar-refractivity contribution is 0.0909. The molecule has 98 valence electrons. The van der Waals surface area contributed by atoms with Gasteiger partial charge in [-0.05, 0) is 43.2 Å². The molecule has 0 bridgehead atoms. The predicted molar refractivity (Wildman–Crippen MR) is 72.8 cm³/mol. The van der Waals surface area contributed by atoms with Crippen molar-refractivity contribution in [3.63, 3.8) is 0 Å².